The van der Waals surface area contributed by atoms with Gasteiger partial charge < -0.3 is 9.84 Å². The van der Waals surface area contributed by atoms with Crippen molar-refractivity contribution in [2.45, 2.75) is 44.0 Å². The lowest BCUT2D eigenvalue weighted by atomic mass is 10.1. The summed E-state index contributed by atoms with van der Waals surface area (Å²) in [6.07, 6.45) is 4.78. The Kier molecular flexibility index (Phi) is 1.24. The topological polar surface area (TPSA) is 29.5 Å². The molecule has 2 rings (SSSR count). The van der Waals surface area contributed by atoms with Gasteiger partial charge in [0, 0.05) is 0 Å². The zero-order valence-corrected chi connectivity index (χ0v) is 5.42. The van der Waals surface area contributed by atoms with E-state index in [0.29, 0.717) is 12.2 Å². The van der Waals surface area contributed by atoms with Gasteiger partial charge in [0.1, 0.15) is 0 Å². The first-order chi connectivity index (χ1) is 4.34. The number of fused-ring (bicyclic) bond motifs is 2. The molecule has 2 bridgehead atoms. The Morgan fingerprint density at radius 3 is 2.22 bits per heavy atom. The highest BCUT2D eigenvalue weighted by atomic mass is 16.5. The maximum absolute atomic E-state index is 9.21. The summed E-state index contributed by atoms with van der Waals surface area (Å²) in [7, 11) is 0. The molecular weight excluding hydrogens is 116 g/mol. The maximum atomic E-state index is 9.21. The van der Waals surface area contributed by atoms with E-state index in [1.807, 2.05) is 0 Å². The lowest BCUT2D eigenvalue weighted by Gasteiger charge is -2.24. The standard InChI is InChI=1S/C7H12O2/c8-5-3-6-1-2-7(4-5)9-6/h5-8H,1-4H2/t5-,6-,7+. The van der Waals surface area contributed by atoms with Crippen molar-refractivity contribution in [3.8, 4) is 0 Å². The molecule has 0 saturated carbocycles. The molecule has 0 aromatic carbocycles. The second-order valence-corrected chi connectivity index (χ2v) is 3.08. The van der Waals surface area contributed by atoms with Gasteiger partial charge in [0.25, 0.3) is 0 Å². The van der Waals surface area contributed by atoms with E-state index in [1.165, 1.54) is 12.8 Å². The van der Waals surface area contributed by atoms with E-state index in [-0.39, 0.29) is 6.10 Å². The summed E-state index contributed by atoms with van der Waals surface area (Å²) in [4.78, 5) is 0. The van der Waals surface area contributed by atoms with Crippen molar-refractivity contribution >= 4 is 0 Å². The Bertz CT molecular complexity index is 101. The van der Waals surface area contributed by atoms with Crippen LogP contribution < -0.4 is 0 Å². The average molecular weight is 128 g/mol. The second-order valence-electron chi connectivity index (χ2n) is 3.08. The highest BCUT2D eigenvalue weighted by molar-refractivity contribution is 4.83. The fourth-order valence-corrected chi connectivity index (χ4v) is 1.83. The molecule has 3 atom stereocenters. The average Bonchev–Trinajstić information content (AvgIpc) is 2.11. The predicted molar refractivity (Wildman–Crippen MR) is 33.1 cm³/mol. The zero-order valence-electron chi connectivity index (χ0n) is 5.42. The molecule has 2 heteroatoms. The van der Waals surface area contributed by atoms with E-state index in [9.17, 15) is 5.11 Å². The molecule has 2 fully saturated rings. The van der Waals surface area contributed by atoms with Gasteiger partial charge in [-0.25, -0.2) is 0 Å². The Balaban J connectivity index is 2.03. The summed E-state index contributed by atoms with van der Waals surface area (Å²) in [6.45, 7) is 0. The molecule has 0 aromatic rings. The van der Waals surface area contributed by atoms with Crippen LogP contribution in [0.15, 0.2) is 0 Å². The molecule has 2 aliphatic rings. The van der Waals surface area contributed by atoms with E-state index in [1.54, 1.807) is 0 Å². The van der Waals surface area contributed by atoms with E-state index >= 15 is 0 Å². The number of hydrogen-bond donors (Lipinski definition) is 1. The third-order valence-corrected chi connectivity index (χ3v) is 2.27. The van der Waals surface area contributed by atoms with Gasteiger partial charge >= 0.3 is 0 Å². The second kappa shape index (κ2) is 1.96. The van der Waals surface area contributed by atoms with Gasteiger partial charge in [-0.15, -0.1) is 0 Å². The molecule has 0 spiro atoms. The maximum Gasteiger partial charge on any atom is 0.0604 e. The first-order valence-electron chi connectivity index (χ1n) is 3.68. The molecule has 2 saturated heterocycles. The van der Waals surface area contributed by atoms with Crippen molar-refractivity contribution in [2.75, 3.05) is 0 Å². The van der Waals surface area contributed by atoms with Crippen molar-refractivity contribution < 1.29 is 9.84 Å². The molecular formula is C7H12O2. The normalized spacial score (nSPS) is 49.7. The number of hydrogen-bond acceptors (Lipinski definition) is 2. The predicted octanol–water partition coefficient (Wildman–Crippen LogP) is 0.689. The highest BCUT2D eigenvalue weighted by Gasteiger charge is 2.33. The van der Waals surface area contributed by atoms with E-state index in [4.69, 9.17) is 4.74 Å². The summed E-state index contributed by atoms with van der Waals surface area (Å²) in [5.74, 6) is 0. The minimum Gasteiger partial charge on any atom is -0.393 e. The van der Waals surface area contributed by atoms with Crippen LogP contribution >= 0.6 is 0 Å². The Hall–Kier alpha value is -0.0800. The zero-order chi connectivity index (χ0) is 6.27. The van der Waals surface area contributed by atoms with Crippen LogP contribution in [-0.4, -0.2) is 23.4 Å². The Labute approximate surface area is 54.8 Å². The third-order valence-electron chi connectivity index (χ3n) is 2.27. The van der Waals surface area contributed by atoms with Crippen molar-refractivity contribution in [1.82, 2.24) is 0 Å². The minimum atomic E-state index is -0.0729. The summed E-state index contributed by atoms with van der Waals surface area (Å²) in [5, 5.41) is 9.21. The van der Waals surface area contributed by atoms with Gasteiger partial charge in [0.05, 0.1) is 18.3 Å². The molecule has 2 nitrogen and oxygen atoms in total. The third kappa shape index (κ3) is 0.970. The fraction of sp³-hybridized carbons (Fsp3) is 1.00. The van der Waals surface area contributed by atoms with Crippen LogP contribution in [-0.2, 0) is 4.74 Å². The molecule has 0 aromatic heterocycles. The van der Waals surface area contributed by atoms with Crippen molar-refractivity contribution in [3.63, 3.8) is 0 Å². The van der Waals surface area contributed by atoms with Crippen LogP contribution in [0.5, 0.6) is 0 Å². The monoisotopic (exact) mass is 128 g/mol. The van der Waals surface area contributed by atoms with Crippen LogP contribution in [0.3, 0.4) is 0 Å². The quantitative estimate of drug-likeness (QED) is 0.520. The van der Waals surface area contributed by atoms with Crippen LogP contribution in [0.2, 0.25) is 0 Å². The number of aliphatic hydroxyl groups excluding tert-OH is 1. The summed E-state index contributed by atoms with van der Waals surface area (Å²) < 4.78 is 5.51. The first-order valence-corrected chi connectivity index (χ1v) is 3.68. The van der Waals surface area contributed by atoms with Gasteiger partial charge in [0.2, 0.25) is 0 Å². The molecule has 0 aliphatic carbocycles. The Morgan fingerprint density at radius 1 is 1.11 bits per heavy atom. The molecule has 9 heavy (non-hydrogen) atoms. The van der Waals surface area contributed by atoms with E-state index < -0.39 is 0 Å². The van der Waals surface area contributed by atoms with Gasteiger partial charge in [0.15, 0.2) is 0 Å². The number of rotatable bonds is 0. The van der Waals surface area contributed by atoms with Gasteiger partial charge in [-0.2, -0.15) is 0 Å². The van der Waals surface area contributed by atoms with Crippen LogP contribution in [0, 0.1) is 0 Å². The van der Waals surface area contributed by atoms with Crippen molar-refractivity contribution in [1.29, 1.82) is 0 Å². The smallest absolute Gasteiger partial charge is 0.0604 e. The Morgan fingerprint density at radius 2 is 1.67 bits per heavy atom. The van der Waals surface area contributed by atoms with Crippen LogP contribution in [0.1, 0.15) is 25.7 Å². The lowest BCUT2D eigenvalue weighted by Crippen LogP contribution is -2.28. The van der Waals surface area contributed by atoms with Gasteiger partial charge in [-0.3, -0.25) is 0 Å². The molecule has 0 unspecified atom stereocenters. The van der Waals surface area contributed by atoms with E-state index in [2.05, 4.69) is 0 Å². The summed E-state index contributed by atoms with van der Waals surface area (Å²) >= 11 is 0. The van der Waals surface area contributed by atoms with Crippen LogP contribution in [0.4, 0.5) is 0 Å². The number of ether oxygens (including phenoxy) is 1. The van der Waals surface area contributed by atoms with E-state index in [0.717, 1.165) is 12.8 Å². The van der Waals surface area contributed by atoms with Gasteiger partial charge in [-0.05, 0) is 25.7 Å². The van der Waals surface area contributed by atoms with Crippen molar-refractivity contribution in [2.24, 2.45) is 0 Å². The molecule has 0 radical (unpaired) electrons. The largest absolute Gasteiger partial charge is 0.393 e. The summed E-state index contributed by atoms with van der Waals surface area (Å²) in [5.41, 5.74) is 0. The minimum absolute atomic E-state index is 0.0729. The lowest BCUT2D eigenvalue weighted by molar-refractivity contribution is -0.0520. The highest BCUT2D eigenvalue weighted by Crippen LogP contribution is 2.31. The number of aliphatic hydroxyl groups is 1. The molecule has 0 amide bonds. The molecule has 2 heterocycles. The SMILES string of the molecule is O[C@@H]1C[C@H]2CC[C@@H](C1)O2. The molecule has 1 N–H and O–H groups in total. The molecule has 2 aliphatic heterocycles. The molecule has 52 valence electrons. The van der Waals surface area contributed by atoms with Gasteiger partial charge in [-0.1, -0.05) is 0 Å². The summed E-state index contributed by atoms with van der Waals surface area (Å²) in [6, 6.07) is 0. The van der Waals surface area contributed by atoms with Crippen LogP contribution in [0.25, 0.3) is 0 Å². The van der Waals surface area contributed by atoms with Crippen molar-refractivity contribution in [3.05, 3.63) is 0 Å². The first kappa shape index (κ1) is 5.69. The fourth-order valence-electron chi connectivity index (χ4n) is 1.83.